The zero-order valence-electron chi connectivity index (χ0n) is 11.1. The third-order valence-corrected chi connectivity index (χ3v) is 2.91. The van der Waals surface area contributed by atoms with Crippen molar-refractivity contribution in [3.63, 3.8) is 0 Å². The Morgan fingerprint density at radius 1 is 1.24 bits per heavy atom. The Kier molecular flexibility index (Phi) is 6.23. The highest BCUT2D eigenvalue weighted by Crippen LogP contribution is 2.21. The third kappa shape index (κ3) is 5.33. The summed E-state index contributed by atoms with van der Waals surface area (Å²) in [6, 6.07) is 8.02. The second-order valence-electron chi connectivity index (χ2n) is 5.02. The molecule has 0 fully saturated rings. The first-order chi connectivity index (χ1) is 8.13. The molecule has 2 heteroatoms. The molecule has 17 heavy (non-hydrogen) atoms. The maximum absolute atomic E-state index is 10.1. The molecule has 1 aromatic carbocycles. The van der Waals surface area contributed by atoms with Crippen LogP contribution in [0.2, 0.25) is 0 Å². The minimum atomic E-state index is -0.342. The number of benzene rings is 1. The van der Waals surface area contributed by atoms with Gasteiger partial charge in [0.2, 0.25) is 0 Å². The molecule has 0 aliphatic heterocycles. The molecule has 2 nitrogen and oxygen atoms in total. The molecule has 0 heterocycles. The van der Waals surface area contributed by atoms with Crippen molar-refractivity contribution in [2.45, 2.75) is 45.8 Å². The summed E-state index contributed by atoms with van der Waals surface area (Å²) in [5.74, 6) is 0.710. The van der Waals surface area contributed by atoms with Gasteiger partial charge in [-0.05, 0) is 23.5 Å². The van der Waals surface area contributed by atoms with Gasteiger partial charge in [-0.25, -0.2) is 0 Å². The Morgan fingerprint density at radius 2 is 2.00 bits per heavy atom. The first-order valence-corrected chi connectivity index (χ1v) is 6.39. The van der Waals surface area contributed by atoms with E-state index in [1.807, 2.05) is 24.3 Å². The Bertz CT molecular complexity index is 320. The Labute approximate surface area is 105 Å². The average molecular weight is 236 g/mol. The molecule has 0 bridgehead atoms. The lowest BCUT2D eigenvalue weighted by molar-refractivity contribution is 0.160. The highest BCUT2D eigenvalue weighted by Gasteiger charge is 2.08. The maximum atomic E-state index is 10.1. The van der Waals surface area contributed by atoms with Gasteiger partial charge in [0.05, 0.1) is 12.7 Å². The van der Waals surface area contributed by atoms with E-state index in [1.54, 1.807) is 7.11 Å². The summed E-state index contributed by atoms with van der Waals surface area (Å²) in [6.07, 6.45) is 2.75. The molecule has 0 aliphatic carbocycles. The van der Waals surface area contributed by atoms with Gasteiger partial charge in [0.25, 0.3) is 0 Å². The van der Waals surface area contributed by atoms with Crippen LogP contribution in [-0.2, 0) is 11.3 Å². The minimum absolute atomic E-state index is 0.342. The van der Waals surface area contributed by atoms with Crippen LogP contribution < -0.4 is 0 Å². The number of methoxy groups -OCH3 is 1. The van der Waals surface area contributed by atoms with Crippen LogP contribution in [0.15, 0.2) is 24.3 Å². The molecular weight excluding hydrogens is 212 g/mol. The molecule has 0 radical (unpaired) electrons. The van der Waals surface area contributed by atoms with Crippen molar-refractivity contribution in [1.82, 2.24) is 0 Å². The van der Waals surface area contributed by atoms with Gasteiger partial charge in [-0.1, -0.05) is 51.0 Å². The number of aliphatic hydroxyl groups is 1. The Balaban J connectivity index is 2.50. The number of ether oxygens (including phenoxy) is 1. The summed E-state index contributed by atoms with van der Waals surface area (Å²) in [5.41, 5.74) is 2.12. The van der Waals surface area contributed by atoms with Gasteiger partial charge in [-0.2, -0.15) is 0 Å². The molecule has 96 valence electrons. The van der Waals surface area contributed by atoms with Crippen molar-refractivity contribution < 1.29 is 9.84 Å². The van der Waals surface area contributed by atoms with Crippen LogP contribution in [0.4, 0.5) is 0 Å². The Morgan fingerprint density at radius 3 is 2.65 bits per heavy atom. The normalized spacial score (nSPS) is 13.0. The van der Waals surface area contributed by atoms with Gasteiger partial charge in [-0.15, -0.1) is 0 Å². The van der Waals surface area contributed by atoms with Crippen LogP contribution in [0.5, 0.6) is 0 Å². The first kappa shape index (κ1) is 14.2. The summed E-state index contributed by atoms with van der Waals surface area (Å²) in [4.78, 5) is 0. The maximum Gasteiger partial charge on any atom is 0.0790 e. The fraction of sp³-hybridized carbons (Fsp3) is 0.600. The van der Waals surface area contributed by atoms with Crippen LogP contribution >= 0.6 is 0 Å². The molecule has 1 atom stereocenters. The number of hydrogen-bond acceptors (Lipinski definition) is 2. The van der Waals surface area contributed by atoms with Crippen molar-refractivity contribution in [2.75, 3.05) is 7.11 Å². The fourth-order valence-corrected chi connectivity index (χ4v) is 1.94. The highest BCUT2D eigenvalue weighted by atomic mass is 16.5. The average Bonchev–Trinajstić information content (AvgIpc) is 2.29. The van der Waals surface area contributed by atoms with Crippen LogP contribution in [0.25, 0.3) is 0 Å². The number of aliphatic hydroxyl groups excluding tert-OH is 1. The quantitative estimate of drug-likeness (QED) is 0.782. The smallest absolute Gasteiger partial charge is 0.0790 e. The standard InChI is InChI=1S/C15H24O2/c1-12(2)6-4-9-15(16)14-8-5-7-13(10-14)11-17-3/h5,7-8,10,12,15-16H,4,6,9,11H2,1-3H3. The van der Waals surface area contributed by atoms with E-state index in [4.69, 9.17) is 4.74 Å². The van der Waals surface area contributed by atoms with Crippen molar-refractivity contribution >= 4 is 0 Å². The summed E-state index contributed by atoms with van der Waals surface area (Å²) < 4.78 is 5.09. The van der Waals surface area contributed by atoms with Gasteiger partial charge in [-0.3, -0.25) is 0 Å². The van der Waals surface area contributed by atoms with Gasteiger partial charge in [0.1, 0.15) is 0 Å². The molecule has 0 aromatic heterocycles. The van der Waals surface area contributed by atoms with Crippen LogP contribution in [0.1, 0.15) is 50.3 Å². The molecule has 0 saturated carbocycles. The first-order valence-electron chi connectivity index (χ1n) is 6.39. The van der Waals surface area contributed by atoms with Crippen molar-refractivity contribution in [3.05, 3.63) is 35.4 Å². The van der Waals surface area contributed by atoms with Crippen molar-refractivity contribution in [3.8, 4) is 0 Å². The largest absolute Gasteiger partial charge is 0.388 e. The molecule has 0 saturated heterocycles. The summed E-state index contributed by atoms with van der Waals surface area (Å²) in [6.45, 7) is 5.03. The topological polar surface area (TPSA) is 29.5 Å². The van der Waals surface area contributed by atoms with E-state index >= 15 is 0 Å². The van der Waals surface area contributed by atoms with E-state index < -0.39 is 0 Å². The van der Waals surface area contributed by atoms with Crippen LogP contribution in [0.3, 0.4) is 0 Å². The van der Waals surface area contributed by atoms with Gasteiger partial charge in [0.15, 0.2) is 0 Å². The molecule has 1 rings (SSSR count). The monoisotopic (exact) mass is 236 g/mol. The number of rotatable bonds is 7. The van der Waals surface area contributed by atoms with E-state index in [-0.39, 0.29) is 6.10 Å². The molecule has 1 unspecified atom stereocenters. The van der Waals surface area contributed by atoms with Gasteiger partial charge >= 0.3 is 0 Å². The fourth-order valence-electron chi connectivity index (χ4n) is 1.94. The Hall–Kier alpha value is -0.860. The zero-order valence-corrected chi connectivity index (χ0v) is 11.1. The molecule has 0 spiro atoms. The zero-order chi connectivity index (χ0) is 12.7. The van der Waals surface area contributed by atoms with Crippen LogP contribution in [-0.4, -0.2) is 12.2 Å². The molecule has 0 aliphatic rings. The van der Waals surface area contributed by atoms with Crippen molar-refractivity contribution in [2.24, 2.45) is 5.92 Å². The second-order valence-corrected chi connectivity index (χ2v) is 5.02. The predicted octanol–water partition coefficient (Wildman–Crippen LogP) is 3.69. The lowest BCUT2D eigenvalue weighted by Crippen LogP contribution is -2.00. The summed E-state index contributed by atoms with van der Waals surface area (Å²) in [5, 5.41) is 10.1. The molecule has 1 N–H and O–H groups in total. The third-order valence-electron chi connectivity index (χ3n) is 2.91. The molecular formula is C15H24O2. The van der Waals surface area contributed by atoms with E-state index in [2.05, 4.69) is 13.8 Å². The van der Waals surface area contributed by atoms with Gasteiger partial charge in [0, 0.05) is 7.11 Å². The van der Waals surface area contributed by atoms with E-state index in [0.717, 1.165) is 24.0 Å². The van der Waals surface area contributed by atoms with E-state index in [0.29, 0.717) is 12.5 Å². The predicted molar refractivity (Wildman–Crippen MR) is 70.8 cm³/mol. The molecule has 1 aromatic rings. The lowest BCUT2D eigenvalue weighted by Gasteiger charge is -2.13. The van der Waals surface area contributed by atoms with Gasteiger partial charge < -0.3 is 9.84 Å². The highest BCUT2D eigenvalue weighted by molar-refractivity contribution is 5.24. The van der Waals surface area contributed by atoms with Crippen LogP contribution in [0, 0.1) is 5.92 Å². The lowest BCUT2D eigenvalue weighted by atomic mass is 9.99. The van der Waals surface area contributed by atoms with E-state index in [1.165, 1.54) is 6.42 Å². The van der Waals surface area contributed by atoms with E-state index in [9.17, 15) is 5.11 Å². The minimum Gasteiger partial charge on any atom is -0.388 e. The summed E-state index contributed by atoms with van der Waals surface area (Å²) in [7, 11) is 1.69. The van der Waals surface area contributed by atoms with Crippen molar-refractivity contribution in [1.29, 1.82) is 0 Å². The second kappa shape index (κ2) is 7.46. The molecule has 0 amide bonds. The summed E-state index contributed by atoms with van der Waals surface area (Å²) >= 11 is 0. The number of hydrogen-bond donors (Lipinski definition) is 1. The SMILES string of the molecule is COCc1cccc(C(O)CCCC(C)C)c1.